The highest BCUT2D eigenvalue weighted by atomic mass is 32.2. The number of anilines is 1. The first-order valence-electron chi connectivity index (χ1n) is 10.1. The van der Waals surface area contributed by atoms with Gasteiger partial charge in [0.05, 0.1) is 11.9 Å². The monoisotopic (exact) mass is 395 g/mol. The van der Waals surface area contributed by atoms with Gasteiger partial charge in [0, 0.05) is 39.6 Å². The molecule has 0 amide bonds. The van der Waals surface area contributed by atoms with Crippen molar-refractivity contribution < 1.29 is 4.39 Å². The molecule has 0 fully saturated rings. The van der Waals surface area contributed by atoms with Gasteiger partial charge in [-0.3, -0.25) is 4.90 Å². The third kappa shape index (κ3) is 2.83. The van der Waals surface area contributed by atoms with Crippen molar-refractivity contribution in [3.8, 4) is 0 Å². The van der Waals surface area contributed by atoms with Gasteiger partial charge < -0.3 is 9.88 Å². The van der Waals surface area contributed by atoms with Gasteiger partial charge in [0.1, 0.15) is 5.82 Å². The van der Waals surface area contributed by atoms with E-state index in [-0.39, 0.29) is 5.82 Å². The Morgan fingerprint density at radius 2 is 2.07 bits per heavy atom. The van der Waals surface area contributed by atoms with E-state index in [0.717, 1.165) is 30.4 Å². The summed E-state index contributed by atoms with van der Waals surface area (Å²) in [7, 11) is 4.36. The largest absolute Gasteiger partial charge is 0.365 e. The number of hydrogen-bond acceptors (Lipinski definition) is 3. The van der Waals surface area contributed by atoms with Crippen LogP contribution in [0.4, 0.5) is 10.1 Å². The Bertz CT molecular complexity index is 1040. The van der Waals surface area contributed by atoms with E-state index >= 15 is 0 Å². The lowest BCUT2D eigenvalue weighted by molar-refractivity contribution is 0.340. The summed E-state index contributed by atoms with van der Waals surface area (Å²) in [4.78, 5) is 9.72. The summed E-state index contributed by atoms with van der Waals surface area (Å²) < 4.78 is 13.7. The van der Waals surface area contributed by atoms with Crippen molar-refractivity contribution in [3.63, 3.8) is 0 Å². The Balaban J connectivity index is 1.45. The number of likely N-dealkylation sites (N-methyl/N-ethyl adjacent to an activating group) is 1. The van der Waals surface area contributed by atoms with E-state index in [1.165, 1.54) is 39.9 Å². The molecule has 5 rings (SSSR count). The molecule has 2 aliphatic rings. The molecule has 5 heteroatoms. The van der Waals surface area contributed by atoms with E-state index < -0.39 is 0 Å². The topological polar surface area (TPSA) is 22.3 Å². The van der Waals surface area contributed by atoms with Crippen LogP contribution in [0.25, 0.3) is 10.9 Å². The molecule has 3 aromatic rings. The van der Waals surface area contributed by atoms with Gasteiger partial charge in [0.25, 0.3) is 0 Å². The standard InChI is InChI=1S/C23H26FN3S/c1-4-16-18-7-6-15(12-22(18)28-23(16)26(2)3)27-10-9-17-19-11-14(24)5-8-20(19)25-21(17)13-27/h5-8,11-12,16,23,25H,4,9-10,13H2,1-3H3. The molecule has 0 radical (unpaired) electrons. The number of aromatic amines is 1. The van der Waals surface area contributed by atoms with Gasteiger partial charge in [-0.25, -0.2) is 4.39 Å². The van der Waals surface area contributed by atoms with Crippen LogP contribution in [0.5, 0.6) is 0 Å². The summed E-state index contributed by atoms with van der Waals surface area (Å²) in [5.41, 5.74) is 6.32. The quantitative estimate of drug-likeness (QED) is 0.646. The van der Waals surface area contributed by atoms with E-state index in [1.54, 1.807) is 6.07 Å². The van der Waals surface area contributed by atoms with Crippen molar-refractivity contribution in [2.24, 2.45) is 0 Å². The lowest BCUT2D eigenvalue weighted by Crippen LogP contribution is -2.30. The van der Waals surface area contributed by atoms with Crippen LogP contribution in [0.1, 0.15) is 36.1 Å². The molecule has 146 valence electrons. The molecule has 2 unspecified atom stereocenters. The molecular formula is C23H26FN3S. The zero-order valence-electron chi connectivity index (χ0n) is 16.6. The minimum Gasteiger partial charge on any atom is -0.365 e. The number of hydrogen-bond donors (Lipinski definition) is 1. The van der Waals surface area contributed by atoms with Crippen LogP contribution in [0.15, 0.2) is 41.3 Å². The average molecular weight is 396 g/mol. The normalized spacial score (nSPS) is 21.4. The van der Waals surface area contributed by atoms with Crippen molar-refractivity contribution in [3.05, 3.63) is 59.0 Å². The first kappa shape index (κ1) is 18.1. The van der Waals surface area contributed by atoms with Gasteiger partial charge in [0.2, 0.25) is 0 Å². The number of rotatable bonds is 3. The van der Waals surface area contributed by atoms with Crippen molar-refractivity contribution in [2.75, 3.05) is 25.5 Å². The number of nitrogens with one attached hydrogen (secondary N) is 1. The fraction of sp³-hybridized carbons (Fsp3) is 0.391. The highest BCUT2D eigenvalue weighted by Gasteiger charge is 2.34. The number of aromatic nitrogens is 1. The summed E-state index contributed by atoms with van der Waals surface area (Å²) in [5, 5.41) is 1.56. The van der Waals surface area contributed by atoms with Gasteiger partial charge in [0.15, 0.2) is 0 Å². The predicted octanol–water partition coefficient (Wildman–Crippen LogP) is 5.36. The van der Waals surface area contributed by atoms with Crippen LogP contribution >= 0.6 is 11.8 Å². The lowest BCUT2D eigenvalue weighted by atomic mass is 9.95. The number of benzene rings is 2. The predicted molar refractivity (Wildman–Crippen MR) is 116 cm³/mol. The fourth-order valence-electron chi connectivity index (χ4n) is 4.81. The maximum absolute atomic E-state index is 13.7. The lowest BCUT2D eigenvalue weighted by Gasteiger charge is -2.29. The Morgan fingerprint density at radius 1 is 1.21 bits per heavy atom. The van der Waals surface area contributed by atoms with E-state index in [4.69, 9.17) is 0 Å². The minimum atomic E-state index is -0.159. The molecule has 0 saturated heterocycles. The smallest absolute Gasteiger partial charge is 0.123 e. The number of H-pyrrole nitrogens is 1. The van der Waals surface area contributed by atoms with Crippen LogP contribution in [0.3, 0.4) is 0 Å². The van der Waals surface area contributed by atoms with Crippen molar-refractivity contribution in [1.29, 1.82) is 0 Å². The van der Waals surface area contributed by atoms with Crippen LogP contribution < -0.4 is 4.90 Å². The minimum absolute atomic E-state index is 0.159. The molecular weight excluding hydrogens is 369 g/mol. The molecule has 0 aliphatic carbocycles. The molecule has 0 saturated carbocycles. The summed E-state index contributed by atoms with van der Waals surface area (Å²) in [6.45, 7) is 4.10. The molecule has 0 bridgehead atoms. The van der Waals surface area contributed by atoms with Crippen molar-refractivity contribution in [2.45, 2.75) is 42.5 Å². The molecule has 3 heterocycles. The second-order valence-corrected chi connectivity index (χ2v) is 9.31. The van der Waals surface area contributed by atoms with Gasteiger partial charge >= 0.3 is 0 Å². The maximum atomic E-state index is 13.7. The molecule has 2 aromatic carbocycles. The molecule has 1 aromatic heterocycles. The van der Waals surface area contributed by atoms with Gasteiger partial charge in [-0.05, 0) is 68.4 Å². The third-order valence-electron chi connectivity index (χ3n) is 6.24. The maximum Gasteiger partial charge on any atom is 0.123 e. The second-order valence-electron chi connectivity index (χ2n) is 8.15. The Morgan fingerprint density at radius 3 is 2.86 bits per heavy atom. The van der Waals surface area contributed by atoms with Gasteiger partial charge in [-0.2, -0.15) is 0 Å². The van der Waals surface area contributed by atoms with Gasteiger partial charge in [-0.1, -0.05) is 13.0 Å². The van der Waals surface area contributed by atoms with Crippen molar-refractivity contribution >= 4 is 28.4 Å². The third-order valence-corrected chi connectivity index (χ3v) is 7.84. The number of halogens is 1. The average Bonchev–Trinajstić information content (AvgIpc) is 3.24. The fourth-order valence-corrected chi connectivity index (χ4v) is 6.33. The molecule has 3 nitrogen and oxygen atoms in total. The Hall–Kier alpha value is -1.98. The van der Waals surface area contributed by atoms with E-state index in [9.17, 15) is 4.39 Å². The highest BCUT2D eigenvalue weighted by molar-refractivity contribution is 8.00. The Kier molecular flexibility index (Phi) is 4.40. The SMILES string of the molecule is CCC1c2ccc(N3CCc4c([nH]c5ccc(F)cc45)C3)cc2SC1N(C)C. The van der Waals surface area contributed by atoms with E-state index in [2.05, 4.69) is 54.0 Å². The first-order valence-corrected chi connectivity index (χ1v) is 10.9. The van der Waals surface area contributed by atoms with Crippen molar-refractivity contribution in [1.82, 2.24) is 9.88 Å². The number of fused-ring (bicyclic) bond motifs is 4. The van der Waals surface area contributed by atoms with E-state index in [1.807, 2.05) is 17.8 Å². The second kappa shape index (κ2) is 6.82. The number of nitrogens with zero attached hydrogens (tertiary/aromatic N) is 2. The zero-order valence-corrected chi connectivity index (χ0v) is 17.4. The molecule has 2 aliphatic heterocycles. The van der Waals surface area contributed by atoms with Crippen LogP contribution in [0, 0.1) is 5.82 Å². The van der Waals surface area contributed by atoms with Crippen LogP contribution in [-0.2, 0) is 13.0 Å². The first-order chi connectivity index (χ1) is 13.5. The van der Waals surface area contributed by atoms with Crippen LogP contribution in [-0.4, -0.2) is 35.9 Å². The van der Waals surface area contributed by atoms with Crippen LogP contribution in [0.2, 0.25) is 0 Å². The summed E-state index contributed by atoms with van der Waals surface area (Å²) in [6, 6.07) is 12.0. The molecule has 2 atom stereocenters. The van der Waals surface area contributed by atoms with E-state index in [0.29, 0.717) is 11.3 Å². The highest BCUT2D eigenvalue weighted by Crippen LogP contribution is 2.49. The Labute approximate surface area is 169 Å². The summed E-state index contributed by atoms with van der Waals surface area (Å²) in [5.74, 6) is 0.439. The van der Waals surface area contributed by atoms with Gasteiger partial charge in [-0.15, -0.1) is 11.8 Å². The number of thioether (sulfide) groups is 1. The molecule has 28 heavy (non-hydrogen) atoms. The molecule has 1 N–H and O–H groups in total. The zero-order chi connectivity index (χ0) is 19.4. The molecule has 0 spiro atoms. The summed E-state index contributed by atoms with van der Waals surface area (Å²) >= 11 is 2.00. The summed E-state index contributed by atoms with van der Waals surface area (Å²) in [6.07, 6.45) is 2.11.